The number of carbonyl (C=O) groups excluding carboxylic acids is 1. The Kier molecular flexibility index (Phi) is 93.1. The topological polar surface area (TPSA) is 26.3 Å². The molecule has 0 bridgehead atoms. The molecule has 0 spiro atoms. The Morgan fingerprint density at radius 2 is 1.33 bits per heavy atom. The van der Waals surface area contributed by atoms with E-state index in [-0.39, 0.29) is 32.2 Å². The third-order valence-corrected chi connectivity index (χ3v) is 0.759. The van der Waals surface area contributed by atoms with E-state index in [0.717, 1.165) is 6.42 Å². The van der Waals surface area contributed by atoms with Crippen molar-refractivity contribution in [1.29, 1.82) is 0 Å². The van der Waals surface area contributed by atoms with Crippen molar-refractivity contribution < 1.29 is 35.7 Å². The van der Waals surface area contributed by atoms with Gasteiger partial charge in [0.05, 0.1) is 6.61 Å². The van der Waals surface area contributed by atoms with Gasteiger partial charge in [-0.2, -0.15) is 20.8 Å². The van der Waals surface area contributed by atoms with Crippen LogP contribution in [0.5, 0.6) is 0 Å². The van der Waals surface area contributed by atoms with Crippen molar-refractivity contribution in [3.8, 4) is 0 Å². The van der Waals surface area contributed by atoms with Gasteiger partial charge in [-0.1, -0.05) is 6.92 Å². The van der Waals surface area contributed by atoms with E-state index >= 15 is 0 Å². The first-order valence-electron chi connectivity index (χ1n) is 5.09. The summed E-state index contributed by atoms with van der Waals surface area (Å²) in [6.07, 6.45) is 1.42. The third kappa shape index (κ3) is 54.3. The molecule has 0 rings (SSSR count). The molecule has 0 N–H and O–H groups in total. The van der Waals surface area contributed by atoms with Crippen LogP contribution in [0.1, 0.15) is 47.5 Å². The Bertz CT molecular complexity index is 68.0. The predicted molar refractivity (Wildman–Crippen MR) is 64.6 cm³/mol. The maximum absolute atomic E-state index is 10.4. The van der Waals surface area contributed by atoms with Gasteiger partial charge in [-0.3, -0.25) is 4.79 Å². The van der Waals surface area contributed by atoms with Crippen molar-refractivity contribution in [2.75, 3.05) is 6.61 Å². The molecule has 15 heavy (non-hydrogen) atoms. The van der Waals surface area contributed by atoms with Crippen LogP contribution in [0.2, 0.25) is 0 Å². The van der Waals surface area contributed by atoms with Crippen molar-refractivity contribution in [1.82, 2.24) is 0 Å². The molecule has 0 saturated carbocycles. The van der Waals surface area contributed by atoms with E-state index in [2.05, 4.69) is 25.5 Å². The fraction of sp³-hybridized carbons (Fsp3) is 0.667. The van der Waals surface area contributed by atoms with Crippen LogP contribution in [-0.4, -0.2) is 12.6 Å². The summed E-state index contributed by atoms with van der Waals surface area (Å²) in [5.41, 5.74) is 0. The molecular weight excluding hydrogens is 267 g/mol. The predicted octanol–water partition coefficient (Wildman–Crippen LogP) is 3.87. The molecule has 0 aliphatic heterocycles. The van der Waals surface area contributed by atoms with Crippen molar-refractivity contribution in [3.63, 3.8) is 0 Å². The quantitative estimate of drug-likeness (QED) is 0.583. The minimum Gasteiger partial charge on any atom is -0.466 e. The van der Waals surface area contributed by atoms with Gasteiger partial charge < -0.3 is 25.5 Å². The number of hydrogen-bond donors (Lipinski definition) is 0. The second-order valence-corrected chi connectivity index (χ2v) is 1.56. The maximum Gasteiger partial charge on any atom is 3.00 e. The van der Waals surface area contributed by atoms with E-state index in [1.807, 2.05) is 13.8 Å². The fourth-order valence-electron chi connectivity index (χ4n) is 0.437. The molecule has 0 saturated heterocycles. The standard InChI is InChI=1S/C6H12O2.3C2H5.Zr/c1-3-5-6(7)8-4-2;3*1-2;/h3-5H2,1-2H3;3*1H2,2H3;/q;3*-1;+3. The van der Waals surface area contributed by atoms with Gasteiger partial charge in [0.1, 0.15) is 0 Å². The normalized spacial score (nSPS) is 5.87. The van der Waals surface area contributed by atoms with Gasteiger partial charge in [0.2, 0.25) is 0 Å². The van der Waals surface area contributed by atoms with E-state index in [4.69, 9.17) is 0 Å². The van der Waals surface area contributed by atoms with E-state index < -0.39 is 0 Å². The number of hydrogen-bond acceptors (Lipinski definition) is 2. The van der Waals surface area contributed by atoms with Crippen molar-refractivity contribution in [2.24, 2.45) is 0 Å². The average molecular weight is 295 g/mol. The van der Waals surface area contributed by atoms with Crippen molar-refractivity contribution in [2.45, 2.75) is 47.5 Å². The minimum absolute atomic E-state index is 0. The summed E-state index contributed by atoms with van der Waals surface area (Å²) in [5.74, 6) is -0.0880. The molecule has 0 aromatic heterocycles. The van der Waals surface area contributed by atoms with E-state index in [1.54, 1.807) is 20.8 Å². The summed E-state index contributed by atoms with van der Waals surface area (Å²) >= 11 is 0. The monoisotopic (exact) mass is 293 g/mol. The Hall–Kier alpha value is 0.353. The number of carbonyl (C=O) groups is 1. The molecule has 1 radical (unpaired) electrons. The van der Waals surface area contributed by atoms with Crippen LogP contribution >= 0.6 is 0 Å². The average Bonchev–Trinajstić information content (AvgIpc) is 2.27. The summed E-state index contributed by atoms with van der Waals surface area (Å²) in [6.45, 7) is 19.3. The summed E-state index contributed by atoms with van der Waals surface area (Å²) in [5, 5.41) is 0. The smallest absolute Gasteiger partial charge is 0.466 e. The largest absolute Gasteiger partial charge is 3.00 e. The first kappa shape index (κ1) is 29.5. The van der Waals surface area contributed by atoms with Gasteiger partial charge in [0.25, 0.3) is 0 Å². The number of rotatable bonds is 3. The SMILES string of the molecule is CCCC(=O)OCC.[CH2-]C.[CH2-]C.[CH2-]C.[Zr+3]. The molecule has 0 amide bonds. The Balaban J connectivity index is -0.0000000410. The van der Waals surface area contributed by atoms with Gasteiger partial charge in [0, 0.05) is 6.42 Å². The molecule has 0 atom stereocenters. The van der Waals surface area contributed by atoms with Crippen LogP contribution in [0.3, 0.4) is 0 Å². The summed E-state index contributed by atoms with van der Waals surface area (Å²) in [7, 11) is 0. The van der Waals surface area contributed by atoms with Crippen molar-refractivity contribution >= 4 is 5.97 Å². The van der Waals surface area contributed by atoms with Gasteiger partial charge in [-0.15, -0.1) is 0 Å². The minimum atomic E-state index is -0.0880. The van der Waals surface area contributed by atoms with E-state index in [9.17, 15) is 4.79 Å². The first-order chi connectivity index (χ1) is 6.81. The molecule has 0 aromatic carbocycles. The molecule has 91 valence electrons. The second-order valence-electron chi connectivity index (χ2n) is 1.56. The van der Waals surface area contributed by atoms with Gasteiger partial charge in [-0.05, 0) is 13.3 Å². The van der Waals surface area contributed by atoms with E-state index in [1.165, 1.54) is 0 Å². The zero-order valence-corrected chi connectivity index (χ0v) is 13.5. The summed E-state index contributed by atoms with van der Waals surface area (Å²) in [6, 6.07) is 0. The Morgan fingerprint density at radius 1 is 1.00 bits per heavy atom. The molecule has 0 unspecified atom stereocenters. The van der Waals surface area contributed by atoms with Gasteiger partial charge in [0.15, 0.2) is 0 Å². The number of esters is 1. The van der Waals surface area contributed by atoms with Crippen LogP contribution in [0.25, 0.3) is 0 Å². The Morgan fingerprint density at radius 3 is 1.53 bits per heavy atom. The van der Waals surface area contributed by atoms with E-state index in [0.29, 0.717) is 13.0 Å². The second kappa shape index (κ2) is 47.3. The number of ether oxygens (including phenoxy) is 1. The zero-order chi connectivity index (χ0) is 12.4. The Labute approximate surface area is 116 Å². The molecule has 0 aliphatic rings. The summed E-state index contributed by atoms with van der Waals surface area (Å²) < 4.78 is 4.64. The third-order valence-electron chi connectivity index (χ3n) is 0.759. The maximum atomic E-state index is 10.4. The molecule has 0 fully saturated rings. The molecule has 0 heterocycles. The molecule has 0 aromatic rings. The summed E-state index contributed by atoms with van der Waals surface area (Å²) in [4.78, 5) is 10.4. The van der Waals surface area contributed by atoms with Gasteiger partial charge >= 0.3 is 32.2 Å². The van der Waals surface area contributed by atoms with Crippen LogP contribution < -0.4 is 0 Å². The zero-order valence-electron chi connectivity index (χ0n) is 11.1. The van der Waals surface area contributed by atoms with Crippen LogP contribution in [0.4, 0.5) is 0 Å². The fourth-order valence-corrected chi connectivity index (χ4v) is 0.437. The molecular formula is C12H27O2Zr. The van der Waals surface area contributed by atoms with Crippen molar-refractivity contribution in [3.05, 3.63) is 20.8 Å². The van der Waals surface area contributed by atoms with Crippen LogP contribution in [0.15, 0.2) is 0 Å². The molecule has 0 aliphatic carbocycles. The molecule has 3 heteroatoms. The first-order valence-corrected chi connectivity index (χ1v) is 5.09. The van der Waals surface area contributed by atoms with Crippen LogP contribution in [-0.2, 0) is 35.7 Å². The molecule has 2 nitrogen and oxygen atoms in total. The van der Waals surface area contributed by atoms with Gasteiger partial charge in [-0.25, -0.2) is 0 Å². The van der Waals surface area contributed by atoms with Crippen LogP contribution in [0, 0.1) is 20.8 Å².